The van der Waals surface area contributed by atoms with Gasteiger partial charge in [-0.25, -0.2) is 0 Å². The van der Waals surface area contributed by atoms with Crippen LogP contribution in [-0.2, 0) is 4.79 Å². The van der Waals surface area contributed by atoms with Crippen molar-refractivity contribution in [2.45, 2.75) is 12.5 Å². The molecule has 1 aromatic carbocycles. The molecular formula is C13H17NO5. The summed E-state index contributed by atoms with van der Waals surface area (Å²) in [6, 6.07) is 2.87. The normalized spacial score (nSPS) is 22.2. The molecule has 104 valence electrons. The van der Waals surface area contributed by atoms with E-state index < -0.39 is 11.9 Å². The first-order chi connectivity index (χ1) is 9.06. The summed E-state index contributed by atoms with van der Waals surface area (Å²) in [4.78, 5) is 11.0. The highest BCUT2D eigenvalue weighted by molar-refractivity contribution is 5.71. The molecular weight excluding hydrogens is 250 g/mol. The van der Waals surface area contributed by atoms with E-state index in [0.717, 1.165) is 0 Å². The van der Waals surface area contributed by atoms with Crippen LogP contribution >= 0.6 is 0 Å². The number of aromatic hydroxyl groups is 1. The molecule has 0 amide bonds. The number of ether oxygens (including phenoxy) is 2. The van der Waals surface area contributed by atoms with Crippen molar-refractivity contribution in [3.05, 3.63) is 17.7 Å². The molecule has 6 heteroatoms. The minimum absolute atomic E-state index is 0.0632. The van der Waals surface area contributed by atoms with E-state index >= 15 is 0 Å². The Morgan fingerprint density at radius 1 is 1.37 bits per heavy atom. The van der Waals surface area contributed by atoms with Gasteiger partial charge in [0, 0.05) is 24.2 Å². The van der Waals surface area contributed by atoms with Gasteiger partial charge in [-0.1, -0.05) is 0 Å². The Labute approximate surface area is 111 Å². The number of phenols is 1. The third kappa shape index (κ3) is 2.58. The van der Waals surface area contributed by atoms with E-state index in [1.807, 2.05) is 0 Å². The van der Waals surface area contributed by atoms with Gasteiger partial charge in [-0.2, -0.15) is 0 Å². The van der Waals surface area contributed by atoms with Gasteiger partial charge in [-0.05, 0) is 12.5 Å². The molecule has 2 atom stereocenters. The second-order valence-corrected chi connectivity index (χ2v) is 4.50. The van der Waals surface area contributed by atoms with Gasteiger partial charge in [0.05, 0.1) is 20.1 Å². The number of hydrogen-bond acceptors (Lipinski definition) is 5. The maximum Gasteiger partial charge on any atom is 0.307 e. The topological polar surface area (TPSA) is 88.0 Å². The van der Waals surface area contributed by atoms with E-state index in [1.54, 1.807) is 6.07 Å². The number of carboxylic acids is 1. The molecule has 1 fully saturated rings. The largest absolute Gasteiger partial charge is 0.508 e. The molecule has 3 N–H and O–H groups in total. The highest BCUT2D eigenvalue weighted by atomic mass is 16.5. The van der Waals surface area contributed by atoms with Crippen molar-refractivity contribution in [2.24, 2.45) is 5.92 Å². The van der Waals surface area contributed by atoms with Crippen LogP contribution < -0.4 is 14.8 Å². The SMILES string of the molecule is COc1cc(O)cc(C2CC(C(=O)O)CN2)c1OC. The van der Waals surface area contributed by atoms with Crippen molar-refractivity contribution in [3.8, 4) is 17.2 Å². The number of carboxylic acid groups (broad SMARTS) is 1. The number of nitrogens with one attached hydrogen (secondary N) is 1. The summed E-state index contributed by atoms with van der Waals surface area (Å²) in [7, 11) is 3.01. The van der Waals surface area contributed by atoms with Gasteiger partial charge in [0.25, 0.3) is 0 Å². The van der Waals surface area contributed by atoms with Crippen LogP contribution in [0.1, 0.15) is 18.0 Å². The molecule has 2 rings (SSSR count). The van der Waals surface area contributed by atoms with E-state index in [0.29, 0.717) is 30.0 Å². The number of methoxy groups -OCH3 is 2. The molecule has 0 aromatic heterocycles. The van der Waals surface area contributed by atoms with E-state index in [9.17, 15) is 9.90 Å². The standard InChI is InChI=1S/C13H17NO5/c1-18-11-5-8(15)4-9(12(11)19-2)10-3-7(6-14-10)13(16)17/h4-5,7,10,14-15H,3,6H2,1-2H3,(H,16,17). The van der Waals surface area contributed by atoms with Crippen molar-refractivity contribution >= 4 is 5.97 Å². The van der Waals surface area contributed by atoms with Crippen molar-refractivity contribution < 1.29 is 24.5 Å². The lowest BCUT2D eigenvalue weighted by Crippen LogP contribution is -2.17. The second-order valence-electron chi connectivity index (χ2n) is 4.50. The van der Waals surface area contributed by atoms with E-state index in [-0.39, 0.29) is 11.8 Å². The van der Waals surface area contributed by atoms with E-state index in [4.69, 9.17) is 14.6 Å². The quantitative estimate of drug-likeness (QED) is 0.758. The number of phenolic OH excluding ortho intramolecular Hbond substituents is 1. The zero-order chi connectivity index (χ0) is 14.0. The van der Waals surface area contributed by atoms with Crippen molar-refractivity contribution in [1.29, 1.82) is 0 Å². The van der Waals surface area contributed by atoms with Gasteiger partial charge < -0.3 is 25.0 Å². The molecule has 6 nitrogen and oxygen atoms in total. The molecule has 0 bridgehead atoms. The van der Waals surface area contributed by atoms with Crippen LogP contribution in [0.25, 0.3) is 0 Å². The molecule has 1 heterocycles. The Morgan fingerprint density at radius 3 is 2.63 bits per heavy atom. The van der Waals surface area contributed by atoms with E-state index in [1.165, 1.54) is 20.3 Å². The first kappa shape index (κ1) is 13.5. The fourth-order valence-corrected chi connectivity index (χ4v) is 2.40. The van der Waals surface area contributed by atoms with Crippen LogP contribution in [0.3, 0.4) is 0 Å². The smallest absolute Gasteiger partial charge is 0.307 e. The maximum absolute atomic E-state index is 11.0. The molecule has 0 spiro atoms. The van der Waals surface area contributed by atoms with Crippen LogP contribution in [0.5, 0.6) is 17.2 Å². The molecule has 0 radical (unpaired) electrons. The summed E-state index contributed by atoms with van der Waals surface area (Å²) >= 11 is 0. The summed E-state index contributed by atoms with van der Waals surface area (Å²) in [6.07, 6.45) is 0.457. The Morgan fingerprint density at radius 2 is 2.11 bits per heavy atom. The lowest BCUT2D eigenvalue weighted by Gasteiger charge is -2.18. The lowest BCUT2D eigenvalue weighted by molar-refractivity contribution is -0.141. The molecule has 1 aliphatic heterocycles. The second kappa shape index (κ2) is 5.36. The Balaban J connectivity index is 2.34. The number of carbonyl (C=O) groups is 1. The Hall–Kier alpha value is -1.95. The number of hydrogen-bond donors (Lipinski definition) is 3. The van der Waals surface area contributed by atoms with Gasteiger partial charge in [0.2, 0.25) is 0 Å². The summed E-state index contributed by atoms with van der Waals surface area (Å²) in [5.74, 6) is -0.237. The molecule has 1 aliphatic rings. The summed E-state index contributed by atoms with van der Waals surface area (Å²) in [5, 5.41) is 21.8. The minimum Gasteiger partial charge on any atom is -0.508 e. The number of benzene rings is 1. The van der Waals surface area contributed by atoms with Crippen molar-refractivity contribution in [3.63, 3.8) is 0 Å². The van der Waals surface area contributed by atoms with Crippen LogP contribution in [0.4, 0.5) is 0 Å². The molecule has 1 saturated heterocycles. The van der Waals surface area contributed by atoms with Crippen LogP contribution in [-0.4, -0.2) is 36.9 Å². The fraction of sp³-hybridized carbons (Fsp3) is 0.462. The zero-order valence-corrected chi connectivity index (χ0v) is 10.8. The number of rotatable bonds is 4. The molecule has 19 heavy (non-hydrogen) atoms. The van der Waals surface area contributed by atoms with Crippen molar-refractivity contribution in [2.75, 3.05) is 20.8 Å². The van der Waals surface area contributed by atoms with Gasteiger partial charge >= 0.3 is 5.97 Å². The third-order valence-electron chi connectivity index (χ3n) is 3.35. The average molecular weight is 267 g/mol. The molecule has 0 saturated carbocycles. The molecule has 2 unspecified atom stereocenters. The monoisotopic (exact) mass is 267 g/mol. The van der Waals surface area contributed by atoms with Gasteiger partial charge in [-0.15, -0.1) is 0 Å². The summed E-state index contributed by atoms with van der Waals surface area (Å²) < 4.78 is 10.5. The predicted octanol–water partition coefficient (Wildman–Crippen LogP) is 1.14. The van der Waals surface area contributed by atoms with Gasteiger partial charge in [-0.3, -0.25) is 4.79 Å². The van der Waals surface area contributed by atoms with Crippen LogP contribution in [0.15, 0.2) is 12.1 Å². The zero-order valence-electron chi connectivity index (χ0n) is 10.8. The first-order valence-corrected chi connectivity index (χ1v) is 5.98. The Bertz CT molecular complexity index is 488. The maximum atomic E-state index is 11.0. The highest BCUT2D eigenvalue weighted by Gasteiger charge is 2.32. The average Bonchev–Trinajstić information content (AvgIpc) is 2.87. The first-order valence-electron chi connectivity index (χ1n) is 5.98. The summed E-state index contributed by atoms with van der Waals surface area (Å²) in [6.45, 7) is 0.404. The van der Waals surface area contributed by atoms with Crippen LogP contribution in [0, 0.1) is 5.92 Å². The molecule has 1 aromatic rings. The van der Waals surface area contributed by atoms with Gasteiger partial charge in [0.15, 0.2) is 11.5 Å². The predicted molar refractivity (Wildman–Crippen MR) is 67.7 cm³/mol. The third-order valence-corrected chi connectivity index (χ3v) is 3.35. The minimum atomic E-state index is -0.818. The lowest BCUT2D eigenvalue weighted by atomic mass is 9.98. The molecule has 0 aliphatic carbocycles. The fourth-order valence-electron chi connectivity index (χ4n) is 2.40. The van der Waals surface area contributed by atoms with Crippen molar-refractivity contribution in [1.82, 2.24) is 5.32 Å². The number of aliphatic carboxylic acids is 1. The highest BCUT2D eigenvalue weighted by Crippen LogP contribution is 2.41. The van der Waals surface area contributed by atoms with E-state index in [2.05, 4.69) is 5.32 Å². The van der Waals surface area contributed by atoms with Gasteiger partial charge in [0.1, 0.15) is 5.75 Å². The van der Waals surface area contributed by atoms with Crippen LogP contribution in [0.2, 0.25) is 0 Å². The Kier molecular flexibility index (Phi) is 3.80. The summed E-state index contributed by atoms with van der Waals surface area (Å²) in [5.41, 5.74) is 0.711.